The summed E-state index contributed by atoms with van der Waals surface area (Å²) in [5.41, 5.74) is 7.64. The third-order valence-electron chi connectivity index (χ3n) is 6.25. The molecule has 1 atom stereocenters. The number of hydrogen-bond donors (Lipinski definition) is 4. The molecular formula is C23H21ClN8O2S. The predicted octanol–water partition coefficient (Wildman–Crippen LogP) is 2.94. The van der Waals surface area contributed by atoms with Gasteiger partial charge in [-0.15, -0.1) is 0 Å². The number of pyridine rings is 1. The number of anilines is 1. The number of hydrogen-bond acceptors (Lipinski definition) is 8. The van der Waals surface area contributed by atoms with Gasteiger partial charge in [-0.25, -0.2) is 15.0 Å². The first-order valence-electron chi connectivity index (χ1n) is 11.2. The van der Waals surface area contributed by atoms with Crippen LogP contribution in [0.1, 0.15) is 19.0 Å². The van der Waals surface area contributed by atoms with Gasteiger partial charge in [-0.1, -0.05) is 24.6 Å². The van der Waals surface area contributed by atoms with Gasteiger partial charge < -0.3 is 15.6 Å². The number of aromatic nitrogens is 6. The highest BCUT2D eigenvalue weighted by atomic mass is 35.5. The molecule has 5 aromatic rings. The second kappa shape index (κ2) is 8.36. The smallest absolute Gasteiger partial charge is 0.289 e. The average molecular weight is 509 g/mol. The zero-order chi connectivity index (χ0) is 24.3. The standard InChI is InChI=1S/C23H21ClN8O2S/c1-2-14-17(24)16-19(27-14)28-23(29-20(16)32-6-5-11(25)9-32)35-12-4-3-10-7-13-18(26-15(10)8-12)22(34)31-30-21(13)33/h3-4,7-8,11H,2,5-6,9,25H2,1H3,(H,30,33)(H,31,34)(H,27,28,29)/t11-/m0/s1. The van der Waals surface area contributed by atoms with Crippen molar-refractivity contribution in [3.8, 4) is 0 Å². The van der Waals surface area contributed by atoms with Crippen molar-refractivity contribution >= 4 is 62.0 Å². The van der Waals surface area contributed by atoms with Gasteiger partial charge >= 0.3 is 0 Å². The van der Waals surface area contributed by atoms with Crippen molar-refractivity contribution in [1.82, 2.24) is 30.1 Å². The van der Waals surface area contributed by atoms with Gasteiger partial charge in [0.1, 0.15) is 17.0 Å². The molecule has 1 saturated heterocycles. The maximum Gasteiger partial charge on any atom is 0.289 e. The van der Waals surface area contributed by atoms with Crippen LogP contribution in [0.3, 0.4) is 0 Å². The van der Waals surface area contributed by atoms with Gasteiger partial charge in [0.2, 0.25) is 0 Å². The molecule has 5 heterocycles. The topological polar surface area (TPSA) is 149 Å². The molecule has 5 N–H and O–H groups in total. The van der Waals surface area contributed by atoms with E-state index in [9.17, 15) is 9.59 Å². The fourth-order valence-electron chi connectivity index (χ4n) is 4.47. The van der Waals surface area contributed by atoms with E-state index in [4.69, 9.17) is 27.3 Å². The van der Waals surface area contributed by atoms with Crippen molar-refractivity contribution in [2.75, 3.05) is 18.0 Å². The summed E-state index contributed by atoms with van der Waals surface area (Å²) in [5.74, 6) is 0.780. The van der Waals surface area contributed by atoms with Gasteiger partial charge in [-0.3, -0.25) is 19.8 Å². The number of nitrogens with one attached hydrogen (secondary N) is 3. The quantitative estimate of drug-likeness (QED) is 0.214. The maximum atomic E-state index is 12.2. The van der Waals surface area contributed by atoms with E-state index in [-0.39, 0.29) is 22.5 Å². The van der Waals surface area contributed by atoms with Crippen LogP contribution >= 0.6 is 23.4 Å². The summed E-state index contributed by atoms with van der Waals surface area (Å²) in [4.78, 5) is 44.7. The lowest BCUT2D eigenvalue weighted by molar-refractivity contribution is 0.751. The minimum Gasteiger partial charge on any atom is -0.354 e. The van der Waals surface area contributed by atoms with Crippen molar-refractivity contribution in [1.29, 1.82) is 0 Å². The van der Waals surface area contributed by atoms with E-state index in [1.165, 1.54) is 11.8 Å². The summed E-state index contributed by atoms with van der Waals surface area (Å²) in [6.07, 6.45) is 1.64. The minimum absolute atomic E-state index is 0.0938. The molecule has 10 nitrogen and oxygen atoms in total. The molecule has 1 aromatic carbocycles. The summed E-state index contributed by atoms with van der Waals surface area (Å²) in [6, 6.07) is 7.41. The van der Waals surface area contributed by atoms with E-state index >= 15 is 0 Å². The number of nitrogens with two attached hydrogens (primary N) is 1. The maximum absolute atomic E-state index is 12.2. The normalized spacial score (nSPS) is 16.2. The zero-order valence-corrected chi connectivity index (χ0v) is 20.3. The molecule has 0 unspecified atom stereocenters. The van der Waals surface area contributed by atoms with Crippen LogP contribution in [0.5, 0.6) is 0 Å². The lowest BCUT2D eigenvalue weighted by atomic mass is 10.1. The summed E-state index contributed by atoms with van der Waals surface area (Å²) >= 11 is 8.08. The Morgan fingerprint density at radius 2 is 2.00 bits per heavy atom. The molecule has 0 bridgehead atoms. The third-order valence-corrected chi connectivity index (χ3v) is 7.52. The van der Waals surface area contributed by atoms with Crippen molar-refractivity contribution in [2.45, 2.75) is 35.9 Å². The molecule has 4 aromatic heterocycles. The first-order chi connectivity index (χ1) is 16.9. The number of rotatable bonds is 4. The number of fused-ring (bicyclic) bond motifs is 3. The molecule has 0 aliphatic carbocycles. The molecule has 178 valence electrons. The number of nitrogens with zero attached hydrogens (tertiary/aromatic N) is 4. The van der Waals surface area contributed by atoms with Crippen molar-refractivity contribution in [3.05, 3.63) is 55.7 Å². The van der Waals surface area contributed by atoms with E-state index < -0.39 is 5.56 Å². The number of H-pyrrole nitrogens is 3. The molecule has 0 amide bonds. The van der Waals surface area contributed by atoms with Crippen LogP contribution in [-0.2, 0) is 6.42 Å². The Morgan fingerprint density at radius 1 is 1.17 bits per heavy atom. The van der Waals surface area contributed by atoms with Gasteiger partial charge in [0.05, 0.1) is 21.3 Å². The van der Waals surface area contributed by atoms with E-state index in [0.717, 1.165) is 46.6 Å². The Labute approximate surface area is 207 Å². The number of aryl methyl sites for hydroxylation is 1. The van der Waals surface area contributed by atoms with Crippen molar-refractivity contribution < 1.29 is 0 Å². The van der Waals surface area contributed by atoms with Crippen LogP contribution in [0.2, 0.25) is 5.02 Å². The van der Waals surface area contributed by atoms with Gasteiger partial charge in [-0.2, -0.15) is 0 Å². The fourth-order valence-corrected chi connectivity index (χ4v) is 5.61. The Balaban J connectivity index is 1.45. The predicted molar refractivity (Wildman–Crippen MR) is 138 cm³/mol. The highest BCUT2D eigenvalue weighted by Crippen LogP contribution is 2.38. The van der Waals surface area contributed by atoms with Gasteiger partial charge in [0.15, 0.2) is 5.16 Å². The SMILES string of the molecule is CCc1[nH]c2nc(Sc3ccc4cc5c(=O)[nH][nH]c(=O)c5nc4c3)nc(N3CC[C@H](N)C3)c2c1Cl. The van der Waals surface area contributed by atoms with Crippen LogP contribution in [0, 0.1) is 0 Å². The van der Waals surface area contributed by atoms with E-state index in [1.54, 1.807) is 6.07 Å². The Morgan fingerprint density at radius 3 is 2.77 bits per heavy atom. The summed E-state index contributed by atoms with van der Waals surface area (Å²) in [6.45, 7) is 3.55. The second-order valence-electron chi connectivity index (χ2n) is 8.57. The number of benzene rings is 1. The highest BCUT2D eigenvalue weighted by molar-refractivity contribution is 7.99. The molecule has 12 heteroatoms. The Kier molecular flexibility index (Phi) is 5.28. The Hall–Kier alpha value is -3.41. The Bertz CT molecular complexity index is 1740. The van der Waals surface area contributed by atoms with Gasteiger partial charge in [-0.05, 0) is 42.8 Å². The van der Waals surface area contributed by atoms with Crippen molar-refractivity contribution in [2.24, 2.45) is 5.73 Å². The van der Waals surface area contributed by atoms with Crippen LogP contribution in [0.15, 0.2) is 43.9 Å². The largest absolute Gasteiger partial charge is 0.354 e. The van der Waals surface area contributed by atoms with E-state index in [1.807, 2.05) is 25.1 Å². The highest BCUT2D eigenvalue weighted by Gasteiger charge is 2.26. The number of aromatic amines is 3. The molecule has 1 aliphatic heterocycles. The molecule has 0 saturated carbocycles. The lowest BCUT2D eigenvalue weighted by Gasteiger charge is -2.18. The first-order valence-corrected chi connectivity index (χ1v) is 12.4. The molecule has 1 aliphatic rings. The molecule has 0 radical (unpaired) electrons. The van der Waals surface area contributed by atoms with Crippen LogP contribution in [-0.4, -0.2) is 49.3 Å². The van der Waals surface area contributed by atoms with Crippen molar-refractivity contribution in [3.63, 3.8) is 0 Å². The van der Waals surface area contributed by atoms with Crippen LogP contribution in [0.4, 0.5) is 5.82 Å². The molecule has 1 fully saturated rings. The summed E-state index contributed by atoms with van der Waals surface area (Å²) < 4.78 is 0. The number of halogens is 1. The van der Waals surface area contributed by atoms with Gasteiger partial charge in [0.25, 0.3) is 11.1 Å². The molecule has 0 spiro atoms. The van der Waals surface area contributed by atoms with Crippen LogP contribution in [0.25, 0.3) is 32.8 Å². The average Bonchev–Trinajstić information content (AvgIpc) is 3.43. The van der Waals surface area contributed by atoms with E-state index in [2.05, 4.69) is 25.1 Å². The fraction of sp³-hybridized carbons (Fsp3) is 0.261. The monoisotopic (exact) mass is 508 g/mol. The molecule has 6 rings (SSSR count). The zero-order valence-electron chi connectivity index (χ0n) is 18.7. The van der Waals surface area contributed by atoms with E-state index in [0.29, 0.717) is 27.9 Å². The van der Waals surface area contributed by atoms with Crippen LogP contribution < -0.4 is 21.8 Å². The first kappa shape index (κ1) is 22.1. The summed E-state index contributed by atoms with van der Waals surface area (Å²) in [7, 11) is 0. The minimum atomic E-state index is -0.447. The summed E-state index contributed by atoms with van der Waals surface area (Å²) in [5, 5.41) is 7.68. The van der Waals surface area contributed by atoms with Gasteiger partial charge in [0, 0.05) is 35.1 Å². The molecular weight excluding hydrogens is 488 g/mol. The second-order valence-corrected chi connectivity index (χ2v) is 9.99. The molecule has 35 heavy (non-hydrogen) atoms. The third kappa shape index (κ3) is 3.76. The lowest BCUT2D eigenvalue weighted by Crippen LogP contribution is -2.27.